The van der Waals surface area contributed by atoms with Gasteiger partial charge in [-0.1, -0.05) is 51.9 Å². The number of amides is 1. The molecule has 1 aliphatic carbocycles. The van der Waals surface area contributed by atoms with E-state index < -0.39 is 5.60 Å². The van der Waals surface area contributed by atoms with Crippen molar-refractivity contribution in [3.05, 3.63) is 0 Å². The Morgan fingerprint density at radius 1 is 1.13 bits per heavy atom. The van der Waals surface area contributed by atoms with Gasteiger partial charge in [-0.2, -0.15) is 0 Å². The summed E-state index contributed by atoms with van der Waals surface area (Å²) in [5.74, 6) is 0. The first-order chi connectivity index (χ1) is 10.9. The van der Waals surface area contributed by atoms with Crippen molar-refractivity contribution in [1.82, 2.24) is 10.6 Å². The molecular weight excluding hydrogens is 288 g/mol. The van der Waals surface area contributed by atoms with E-state index in [4.69, 9.17) is 4.74 Å². The van der Waals surface area contributed by atoms with Crippen LogP contribution in [0.1, 0.15) is 91.9 Å². The number of hydrogen-bond acceptors (Lipinski definition) is 3. The fraction of sp³-hybridized carbons (Fsp3) is 0.947. The Hall–Kier alpha value is -0.770. The average molecular weight is 327 g/mol. The molecule has 1 rings (SSSR count). The standard InChI is InChI=1S/C19H38N2O2/c1-5-6-12-17(15-20-18(22)23-19(2,3)4)21-16-13-10-8-7-9-11-14-16/h16-17,21H,5-15H2,1-4H3,(H,20,22). The highest BCUT2D eigenvalue weighted by molar-refractivity contribution is 5.67. The second-order valence-corrected chi connectivity index (χ2v) is 7.93. The summed E-state index contributed by atoms with van der Waals surface area (Å²) in [6.45, 7) is 8.56. The van der Waals surface area contributed by atoms with Crippen LogP contribution in [-0.2, 0) is 4.74 Å². The molecular formula is C19H38N2O2. The summed E-state index contributed by atoms with van der Waals surface area (Å²) >= 11 is 0. The molecule has 1 aliphatic rings. The molecule has 1 saturated carbocycles. The van der Waals surface area contributed by atoms with Crippen LogP contribution in [0.25, 0.3) is 0 Å². The number of carbonyl (C=O) groups excluding carboxylic acids is 1. The summed E-state index contributed by atoms with van der Waals surface area (Å²) in [4.78, 5) is 11.9. The third kappa shape index (κ3) is 10.6. The predicted octanol–water partition coefficient (Wildman–Crippen LogP) is 4.77. The van der Waals surface area contributed by atoms with Crippen LogP contribution < -0.4 is 10.6 Å². The molecule has 1 fully saturated rings. The zero-order chi connectivity index (χ0) is 17.1. The van der Waals surface area contributed by atoms with E-state index in [-0.39, 0.29) is 6.09 Å². The highest BCUT2D eigenvalue weighted by Crippen LogP contribution is 2.18. The molecule has 0 radical (unpaired) electrons. The Labute approximate surface area is 143 Å². The van der Waals surface area contributed by atoms with Gasteiger partial charge in [-0.05, 0) is 40.0 Å². The fourth-order valence-electron chi connectivity index (χ4n) is 3.17. The van der Waals surface area contributed by atoms with Gasteiger partial charge in [0.1, 0.15) is 5.60 Å². The van der Waals surface area contributed by atoms with E-state index in [0.29, 0.717) is 18.6 Å². The lowest BCUT2D eigenvalue weighted by Gasteiger charge is -2.28. The van der Waals surface area contributed by atoms with Crippen LogP contribution in [0.15, 0.2) is 0 Å². The van der Waals surface area contributed by atoms with Crippen molar-refractivity contribution in [2.45, 2.75) is 110 Å². The van der Waals surface area contributed by atoms with Gasteiger partial charge in [0.15, 0.2) is 0 Å². The first-order valence-corrected chi connectivity index (χ1v) is 9.63. The summed E-state index contributed by atoms with van der Waals surface area (Å²) in [5.41, 5.74) is -0.435. The number of carbonyl (C=O) groups is 1. The first kappa shape index (κ1) is 20.3. The van der Waals surface area contributed by atoms with E-state index in [1.807, 2.05) is 20.8 Å². The number of rotatable bonds is 7. The van der Waals surface area contributed by atoms with E-state index in [2.05, 4.69) is 17.6 Å². The maximum absolute atomic E-state index is 11.9. The topological polar surface area (TPSA) is 50.4 Å². The number of alkyl carbamates (subject to hydrolysis) is 1. The largest absolute Gasteiger partial charge is 0.444 e. The van der Waals surface area contributed by atoms with Crippen LogP contribution in [0.5, 0.6) is 0 Å². The zero-order valence-corrected chi connectivity index (χ0v) is 15.7. The molecule has 136 valence electrons. The van der Waals surface area contributed by atoms with Crippen LogP contribution in [0, 0.1) is 0 Å². The normalized spacial score (nSPS) is 18.8. The Bertz CT molecular complexity index is 318. The molecule has 0 heterocycles. The van der Waals surface area contributed by atoms with Gasteiger partial charge in [0.25, 0.3) is 0 Å². The van der Waals surface area contributed by atoms with Crippen molar-refractivity contribution in [3.63, 3.8) is 0 Å². The SMILES string of the molecule is CCCCC(CNC(=O)OC(C)(C)C)NC1CCCCCCC1. The van der Waals surface area contributed by atoms with Crippen molar-refractivity contribution >= 4 is 6.09 Å². The number of hydrogen-bond donors (Lipinski definition) is 2. The summed E-state index contributed by atoms with van der Waals surface area (Å²) < 4.78 is 5.34. The van der Waals surface area contributed by atoms with Crippen molar-refractivity contribution in [2.75, 3.05) is 6.54 Å². The molecule has 2 N–H and O–H groups in total. The minimum Gasteiger partial charge on any atom is -0.444 e. The Morgan fingerprint density at radius 3 is 2.30 bits per heavy atom. The zero-order valence-electron chi connectivity index (χ0n) is 15.7. The van der Waals surface area contributed by atoms with Crippen molar-refractivity contribution in [3.8, 4) is 0 Å². The van der Waals surface area contributed by atoms with Gasteiger partial charge in [-0.15, -0.1) is 0 Å². The summed E-state index contributed by atoms with van der Waals surface area (Å²) in [7, 11) is 0. The smallest absolute Gasteiger partial charge is 0.407 e. The lowest BCUT2D eigenvalue weighted by molar-refractivity contribution is 0.0520. The number of nitrogens with one attached hydrogen (secondary N) is 2. The monoisotopic (exact) mass is 326 g/mol. The second kappa shape index (κ2) is 10.9. The van der Waals surface area contributed by atoms with Gasteiger partial charge in [-0.3, -0.25) is 0 Å². The van der Waals surface area contributed by atoms with Crippen molar-refractivity contribution in [1.29, 1.82) is 0 Å². The maximum atomic E-state index is 11.9. The Morgan fingerprint density at radius 2 is 1.74 bits per heavy atom. The fourth-order valence-corrected chi connectivity index (χ4v) is 3.17. The summed E-state index contributed by atoms with van der Waals surface area (Å²) in [5, 5.41) is 6.75. The van der Waals surface area contributed by atoms with Crippen molar-refractivity contribution < 1.29 is 9.53 Å². The van der Waals surface area contributed by atoms with Gasteiger partial charge < -0.3 is 15.4 Å². The van der Waals surface area contributed by atoms with Crippen LogP contribution in [0.2, 0.25) is 0 Å². The number of ether oxygens (including phenoxy) is 1. The van der Waals surface area contributed by atoms with Crippen LogP contribution >= 0.6 is 0 Å². The molecule has 0 spiro atoms. The molecule has 0 aliphatic heterocycles. The molecule has 1 amide bonds. The molecule has 4 nitrogen and oxygen atoms in total. The Balaban J connectivity index is 2.42. The lowest BCUT2D eigenvalue weighted by atomic mass is 9.95. The maximum Gasteiger partial charge on any atom is 0.407 e. The quantitative estimate of drug-likeness (QED) is 0.708. The summed E-state index contributed by atoms with van der Waals surface area (Å²) in [6, 6.07) is 0.962. The molecule has 0 saturated heterocycles. The van der Waals surface area contributed by atoms with Crippen LogP contribution in [0.4, 0.5) is 4.79 Å². The molecule has 1 unspecified atom stereocenters. The molecule has 0 aromatic carbocycles. The van der Waals surface area contributed by atoms with Gasteiger partial charge in [0.2, 0.25) is 0 Å². The van der Waals surface area contributed by atoms with E-state index in [0.717, 1.165) is 6.42 Å². The highest BCUT2D eigenvalue weighted by Gasteiger charge is 2.19. The minimum atomic E-state index is -0.435. The van der Waals surface area contributed by atoms with Gasteiger partial charge >= 0.3 is 6.09 Å². The van der Waals surface area contributed by atoms with E-state index in [9.17, 15) is 4.79 Å². The third-order valence-corrected chi connectivity index (χ3v) is 4.37. The van der Waals surface area contributed by atoms with E-state index in [1.165, 1.54) is 57.8 Å². The molecule has 1 atom stereocenters. The molecule has 0 bridgehead atoms. The number of unbranched alkanes of at least 4 members (excludes halogenated alkanes) is 1. The van der Waals surface area contributed by atoms with Gasteiger partial charge in [0, 0.05) is 18.6 Å². The van der Waals surface area contributed by atoms with E-state index in [1.54, 1.807) is 0 Å². The third-order valence-electron chi connectivity index (χ3n) is 4.37. The highest BCUT2D eigenvalue weighted by atomic mass is 16.6. The molecule has 4 heteroatoms. The lowest BCUT2D eigenvalue weighted by Crippen LogP contribution is -2.46. The molecule has 0 aromatic rings. The second-order valence-electron chi connectivity index (χ2n) is 7.93. The van der Waals surface area contributed by atoms with Crippen molar-refractivity contribution in [2.24, 2.45) is 0 Å². The summed E-state index contributed by atoms with van der Waals surface area (Å²) in [6.07, 6.45) is 12.5. The van der Waals surface area contributed by atoms with Crippen LogP contribution in [-0.4, -0.2) is 30.3 Å². The van der Waals surface area contributed by atoms with Gasteiger partial charge in [-0.25, -0.2) is 4.79 Å². The average Bonchev–Trinajstić information content (AvgIpc) is 2.42. The minimum absolute atomic E-state index is 0.307. The van der Waals surface area contributed by atoms with E-state index >= 15 is 0 Å². The predicted molar refractivity (Wildman–Crippen MR) is 96.8 cm³/mol. The van der Waals surface area contributed by atoms with Gasteiger partial charge in [0.05, 0.1) is 0 Å². The first-order valence-electron chi connectivity index (χ1n) is 9.63. The van der Waals surface area contributed by atoms with Crippen LogP contribution in [0.3, 0.4) is 0 Å². The Kier molecular flexibility index (Phi) is 9.61. The molecule has 0 aromatic heterocycles. The molecule has 23 heavy (non-hydrogen) atoms.